The van der Waals surface area contributed by atoms with Gasteiger partial charge < -0.3 is 15.4 Å². The Kier molecular flexibility index (Phi) is 6.49. The van der Waals surface area contributed by atoms with E-state index in [0.29, 0.717) is 15.6 Å². The molecule has 0 aliphatic carbocycles. The molecule has 5 aromatic rings. The van der Waals surface area contributed by atoms with Gasteiger partial charge in [-0.15, -0.1) is 21.5 Å². The Morgan fingerprint density at radius 1 is 1.03 bits per heavy atom. The molecule has 0 fully saturated rings. The summed E-state index contributed by atoms with van der Waals surface area (Å²) < 4.78 is 19.2. The second-order valence-electron chi connectivity index (χ2n) is 7.28. The lowest BCUT2D eigenvalue weighted by Crippen LogP contribution is -2.11. The van der Waals surface area contributed by atoms with E-state index >= 15 is 0 Å². The molecule has 0 unspecified atom stereocenters. The second-order valence-corrected chi connectivity index (χ2v) is 10.4. The highest BCUT2D eigenvalue weighted by Gasteiger charge is 2.18. The van der Waals surface area contributed by atoms with Crippen LogP contribution in [0.25, 0.3) is 9.53 Å². The molecule has 0 radical (unpaired) electrons. The van der Waals surface area contributed by atoms with E-state index < -0.39 is 17.7 Å². The Labute approximate surface area is 210 Å². The van der Waals surface area contributed by atoms with Crippen molar-refractivity contribution in [3.8, 4) is 0 Å². The van der Waals surface area contributed by atoms with Gasteiger partial charge in [0, 0.05) is 11.4 Å². The quantitative estimate of drug-likeness (QED) is 0.251. The number of hydrogen-bond donors (Lipinski definition) is 2. The number of carbonyl (C=O) groups is 2. The smallest absolute Gasteiger partial charge is 0.348 e. The summed E-state index contributed by atoms with van der Waals surface area (Å²) >= 11 is 3.72. The lowest BCUT2D eigenvalue weighted by atomic mass is 10.2. The Bertz CT molecular complexity index is 1500. The number of thiazole rings is 1. The van der Waals surface area contributed by atoms with Crippen LogP contribution in [-0.4, -0.2) is 27.1 Å². The van der Waals surface area contributed by atoms with E-state index in [-0.39, 0.29) is 11.6 Å². The van der Waals surface area contributed by atoms with Crippen LogP contribution in [0.1, 0.15) is 30.0 Å². The maximum atomic E-state index is 13.0. The zero-order valence-corrected chi connectivity index (χ0v) is 20.5. The summed E-state index contributed by atoms with van der Waals surface area (Å²) in [4.78, 5) is 30.5. The summed E-state index contributed by atoms with van der Waals surface area (Å²) in [5, 5.41) is 14.9. The average molecular weight is 526 g/mol. The number of ether oxygens (including phenoxy) is 1. The Morgan fingerprint density at radius 3 is 2.60 bits per heavy atom. The van der Waals surface area contributed by atoms with Gasteiger partial charge in [0.1, 0.15) is 22.1 Å². The van der Waals surface area contributed by atoms with Crippen molar-refractivity contribution in [3.05, 3.63) is 80.9 Å². The lowest BCUT2D eigenvalue weighted by molar-refractivity contribution is 0.0477. The number of aromatic nitrogens is 3. The van der Waals surface area contributed by atoms with Gasteiger partial charge in [-0.1, -0.05) is 40.9 Å². The standard InChI is InChI=1S/C23H16FN5O3S3/c1-12-4-2-3-5-15(12)26-23-27-20-16(34-23)10-17(33-20)22(31)32-11-18-28-29-21(35-18)19(30)25-14-8-6-13(24)7-9-14/h2-10H,11H2,1H3,(H,25,30)(H,26,27). The van der Waals surface area contributed by atoms with Gasteiger partial charge in [0.25, 0.3) is 5.91 Å². The van der Waals surface area contributed by atoms with Gasteiger partial charge in [-0.05, 0) is 48.9 Å². The van der Waals surface area contributed by atoms with E-state index in [1.807, 2.05) is 31.2 Å². The van der Waals surface area contributed by atoms with Crippen LogP contribution in [0.15, 0.2) is 54.6 Å². The van der Waals surface area contributed by atoms with Crippen molar-refractivity contribution in [2.45, 2.75) is 13.5 Å². The van der Waals surface area contributed by atoms with Gasteiger partial charge in [0.15, 0.2) is 10.1 Å². The number of carbonyl (C=O) groups excluding carboxylic acids is 2. The molecule has 0 bridgehead atoms. The van der Waals surface area contributed by atoms with Crippen LogP contribution in [0.2, 0.25) is 0 Å². The van der Waals surface area contributed by atoms with Gasteiger partial charge in [-0.25, -0.2) is 14.2 Å². The summed E-state index contributed by atoms with van der Waals surface area (Å²) in [5.74, 6) is -1.38. The molecule has 1 amide bonds. The van der Waals surface area contributed by atoms with Gasteiger partial charge in [-0.3, -0.25) is 4.79 Å². The van der Waals surface area contributed by atoms with Crippen LogP contribution in [0, 0.1) is 12.7 Å². The fourth-order valence-corrected chi connectivity index (χ4v) is 5.71. The molecule has 0 aliphatic rings. The van der Waals surface area contributed by atoms with E-state index in [1.165, 1.54) is 46.9 Å². The van der Waals surface area contributed by atoms with Crippen molar-refractivity contribution in [3.63, 3.8) is 0 Å². The van der Waals surface area contributed by atoms with E-state index in [1.54, 1.807) is 6.07 Å². The highest BCUT2D eigenvalue weighted by atomic mass is 32.1. The van der Waals surface area contributed by atoms with Crippen LogP contribution < -0.4 is 10.6 Å². The maximum absolute atomic E-state index is 13.0. The molecule has 0 saturated heterocycles. The number of nitrogens with zero attached hydrogens (tertiary/aromatic N) is 3. The molecule has 35 heavy (non-hydrogen) atoms. The molecular formula is C23H16FN5O3S3. The first-order chi connectivity index (χ1) is 16.9. The third-order valence-corrected chi connectivity index (χ3v) is 7.72. The second kappa shape index (κ2) is 9.86. The summed E-state index contributed by atoms with van der Waals surface area (Å²) in [5.41, 5.74) is 2.53. The molecule has 3 heterocycles. The Balaban J connectivity index is 1.18. The first-order valence-electron chi connectivity index (χ1n) is 10.2. The van der Waals surface area contributed by atoms with Gasteiger partial charge >= 0.3 is 5.97 Å². The number of halogens is 1. The number of hydrogen-bond acceptors (Lipinski definition) is 10. The number of rotatable bonds is 7. The Hall–Kier alpha value is -3.74. The average Bonchev–Trinajstić information content (AvgIpc) is 3.56. The van der Waals surface area contributed by atoms with Crippen LogP contribution in [0.5, 0.6) is 0 Å². The molecule has 0 aliphatic heterocycles. The number of thiophene rings is 1. The molecule has 0 saturated carbocycles. The molecule has 2 aromatic carbocycles. The van der Waals surface area contributed by atoms with E-state index in [4.69, 9.17) is 4.74 Å². The molecule has 0 spiro atoms. The molecule has 12 heteroatoms. The minimum atomic E-state index is -0.499. The van der Waals surface area contributed by atoms with E-state index in [9.17, 15) is 14.0 Å². The van der Waals surface area contributed by atoms with Crippen LogP contribution in [0.4, 0.5) is 20.9 Å². The fourth-order valence-electron chi connectivity index (χ4n) is 3.04. The summed E-state index contributed by atoms with van der Waals surface area (Å²) in [7, 11) is 0. The fraction of sp³-hybridized carbons (Fsp3) is 0.0870. The summed E-state index contributed by atoms with van der Waals surface area (Å²) in [6.07, 6.45) is 0. The van der Waals surface area contributed by atoms with E-state index in [2.05, 4.69) is 25.8 Å². The van der Waals surface area contributed by atoms with Crippen molar-refractivity contribution in [2.75, 3.05) is 10.6 Å². The lowest BCUT2D eigenvalue weighted by Gasteiger charge is -2.05. The van der Waals surface area contributed by atoms with Gasteiger partial charge in [0.2, 0.25) is 5.01 Å². The zero-order chi connectivity index (χ0) is 24.4. The van der Waals surface area contributed by atoms with Crippen LogP contribution >= 0.6 is 34.0 Å². The predicted octanol–water partition coefficient (Wildman–Crippen LogP) is 6.01. The number of anilines is 3. The minimum absolute atomic E-state index is 0.106. The number of esters is 1. The van der Waals surface area contributed by atoms with Crippen LogP contribution in [0.3, 0.4) is 0 Å². The molecule has 5 rings (SSSR count). The molecule has 2 N–H and O–H groups in total. The number of amides is 1. The number of fused-ring (bicyclic) bond motifs is 1. The zero-order valence-electron chi connectivity index (χ0n) is 18.1. The van der Waals surface area contributed by atoms with Crippen molar-refractivity contribution in [2.24, 2.45) is 0 Å². The number of para-hydroxylation sites is 1. The molecule has 8 nitrogen and oxygen atoms in total. The third kappa shape index (κ3) is 5.34. The van der Waals surface area contributed by atoms with E-state index in [0.717, 1.165) is 37.2 Å². The van der Waals surface area contributed by atoms with Crippen molar-refractivity contribution in [1.82, 2.24) is 15.2 Å². The van der Waals surface area contributed by atoms with Crippen molar-refractivity contribution < 1.29 is 18.7 Å². The van der Waals surface area contributed by atoms with Gasteiger partial charge in [-0.2, -0.15) is 0 Å². The third-order valence-electron chi connectivity index (χ3n) is 4.77. The minimum Gasteiger partial charge on any atom is -0.454 e. The molecular weight excluding hydrogens is 509 g/mol. The molecule has 3 aromatic heterocycles. The SMILES string of the molecule is Cc1ccccc1Nc1nc2sc(C(=O)OCc3nnc(C(=O)Nc4ccc(F)cc4)s3)cc2s1. The van der Waals surface area contributed by atoms with Crippen LogP contribution in [-0.2, 0) is 11.3 Å². The molecule has 0 atom stereocenters. The highest BCUT2D eigenvalue weighted by molar-refractivity contribution is 7.29. The molecule has 176 valence electrons. The summed E-state index contributed by atoms with van der Waals surface area (Å²) in [6.45, 7) is 1.91. The number of nitrogens with one attached hydrogen (secondary N) is 2. The Morgan fingerprint density at radius 2 is 1.83 bits per heavy atom. The maximum Gasteiger partial charge on any atom is 0.348 e. The van der Waals surface area contributed by atoms with Gasteiger partial charge in [0.05, 0.1) is 4.70 Å². The normalized spacial score (nSPS) is 10.9. The number of aryl methyl sites for hydroxylation is 1. The largest absolute Gasteiger partial charge is 0.454 e. The predicted molar refractivity (Wildman–Crippen MR) is 135 cm³/mol. The van der Waals surface area contributed by atoms with Crippen molar-refractivity contribution in [1.29, 1.82) is 0 Å². The highest BCUT2D eigenvalue weighted by Crippen LogP contribution is 2.35. The first-order valence-corrected chi connectivity index (χ1v) is 12.7. The number of benzene rings is 2. The monoisotopic (exact) mass is 525 g/mol. The van der Waals surface area contributed by atoms with Crippen molar-refractivity contribution >= 4 is 71.9 Å². The topological polar surface area (TPSA) is 106 Å². The first kappa shape index (κ1) is 23.0. The summed E-state index contributed by atoms with van der Waals surface area (Å²) in [6, 6.07) is 15.1.